The quantitative estimate of drug-likeness (QED) is 0.604. The molecule has 2 heterocycles. The molecule has 10 heteroatoms. The first kappa shape index (κ1) is 19.5. The first-order valence-electron chi connectivity index (χ1n) is 8.79. The molecule has 1 aromatic heterocycles. The molecule has 1 aliphatic heterocycles. The van der Waals surface area contributed by atoms with Crippen LogP contribution in [0, 0.1) is 5.92 Å². The third-order valence-corrected chi connectivity index (χ3v) is 5.88. The van der Waals surface area contributed by atoms with E-state index in [0.717, 1.165) is 25.9 Å². The highest BCUT2D eigenvalue weighted by atomic mass is 32.2. The first-order valence-corrected chi connectivity index (χ1v) is 10.3. The molecule has 1 saturated heterocycles. The number of aliphatic carboxylic acids is 1. The van der Waals surface area contributed by atoms with E-state index in [9.17, 15) is 13.2 Å². The summed E-state index contributed by atoms with van der Waals surface area (Å²) in [4.78, 5) is 15.0. The molecule has 3 rings (SSSR count). The van der Waals surface area contributed by atoms with Crippen LogP contribution >= 0.6 is 0 Å². The molecule has 3 N–H and O–H groups in total. The highest BCUT2D eigenvalue weighted by molar-refractivity contribution is 7.89. The lowest BCUT2D eigenvalue weighted by Crippen LogP contribution is -2.28. The monoisotopic (exact) mass is 394 g/mol. The fourth-order valence-corrected chi connectivity index (χ4v) is 4.04. The summed E-state index contributed by atoms with van der Waals surface area (Å²) >= 11 is 0. The third-order valence-electron chi connectivity index (χ3n) is 4.42. The SMILES string of the molecule is O=C(O)CCNS(=O)(=O)c1cccc(-c2noc(CC3CCNCC3)n2)c1. The van der Waals surface area contributed by atoms with Crippen molar-refractivity contribution in [1.29, 1.82) is 0 Å². The summed E-state index contributed by atoms with van der Waals surface area (Å²) in [5.41, 5.74) is 0.524. The van der Waals surface area contributed by atoms with Gasteiger partial charge in [-0.3, -0.25) is 4.79 Å². The fourth-order valence-electron chi connectivity index (χ4n) is 2.97. The maximum Gasteiger partial charge on any atom is 0.304 e. The number of nitrogens with one attached hydrogen (secondary N) is 2. The van der Waals surface area contributed by atoms with Crippen LogP contribution in [0.2, 0.25) is 0 Å². The van der Waals surface area contributed by atoms with Crippen molar-refractivity contribution in [3.05, 3.63) is 30.2 Å². The van der Waals surface area contributed by atoms with Gasteiger partial charge in [-0.15, -0.1) is 0 Å². The number of hydrogen-bond donors (Lipinski definition) is 3. The summed E-state index contributed by atoms with van der Waals surface area (Å²) in [6, 6.07) is 6.17. The highest BCUT2D eigenvalue weighted by Crippen LogP contribution is 2.22. The van der Waals surface area contributed by atoms with Crippen molar-refractivity contribution in [1.82, 2.24) is 20.2 Å². The molecule has 1 aromatic carbocycles. The Morgan fingerprint density at radius 3 is 2.85 bits per heavy atom. The lowest BCUT2D eigenvalue weighted by atomic mass is 9.95. The van der Waals surface area contributed by atoms with Gasteiger partial charge in [0.15, 0.2) is 0 Å². The van der Waals surface area contributed by atoms with Crippen LogP contribution in [-0.2, 0) is 21.2 Å². The number of benzene rings is 1. The van der Waals surface area contributed by atoms with Crippen LogP contribution in [0.5, 0.6) is 0 Å². The Hall–Kier alpha value is -2.30. The Kier molecular flexibility index (Phi) is 6.19. The standard InChI is InChI=1S/C17H22N4O5S/c22-16(23)6-9-19-27(24,25)14-3-1-2-13(11-14)17-20-15(26-21-17)10-12-4-7-18-8-5-12/h1-3,11-12,18-19H,4-10H2,(H,22,23). The molecule has 9 nitrogen and oxygen atoms in total. The van der Waals surface area contributed by atoms with Gasteiger partial charge in [-0.2, -0.15) is 4.98 Å². The molecule has 1 fully saturated rings. The van der Waals surface area contributed by atoms with Gasteiger partial charge in [0.25, 0.3) is 0 Å². The minimum Gasteiger partial charge on any atom is -0.481 e. The minimum atomic E-state index is -3.81. The predicted octanol–water partition coefficient (Wildman–Crippen LogP) is 1.03. The second kappa shape index (κ2) is 8.59. The van der Waals surface area contributed by atoms with Crippen molar-refractivity contribution in [2.24, 2.45) is 5.92 Å². The number of carboxylic acids is 1. The molecule has 146 valence electrons. The van der Waals surface area contributed by atoms with Crippen LogP contribution in [0.4, 0.5) is 0 Å². The maximum atomic E-state index is 12.3. The number of nitrogens with zero attached hydrogens (tertiary/aromatic N) is 2. The predicted molar refractivity (Wildman–Crippen MR) is 96.5 cm³/mol. The molecule has 0 saturated carbocycles. The largest absolute Gasteiger partial charge is 0.481 e. The Morgan fingerprint density at radius 2 is 2.11 bits per heavy atom. The van der Waals surface area contributed by atoms with Crippen LogP contribution in [-0.4, -0.2) is 49.3 Å². The Balaban J connectivity index is 1.70. The van der Waals surface area contributed by atoms with Gasteiger partial charge in [-0.05, 0) is 44.0 Å². The van der Waals surface area contributed by atoms with Crippen molar-refractivity contribution in [3.8, 4) is 11.4 Å². The first-order chi connectivity index (χ1) is 12.9. The molecule has 1 aliphatic rings. The minimum absolute atomic E-state index is 0.0232. The van der Waals surface area contributed by atoms with E-state index in [4.69, 9.17) is 9.63 Å². The fraction of sp³-hybridized carbons (Fsp3) is 0.471. The highest BCUT2D eigenvalue weighted by Gasteiger charge is 2.19. The lowest BCUT2D eigenvalue weighted by molar-refractivity contribution is -0.136. The second-order valence-electron chi connectivity index (χ2n) is 6.48. The third kappa shape index (κ3) is 5.34. The summed E-state index contributed by atoms with van der Waals surface area (Å²) in [7, 11) is -3.81. The van der Waals surface area contributed by atoms with Crippen LogP contribution < -0.4 is 10.0 Å². The van der Waals surface area contributed by atoms with Crippen LogP contribution in [0.1, 0.15) is 25.2 Å². The summed E-state index contributed by atoms with van der Waals surface area (Å²) in [5.74, 6) is 0.315. The van der Waals surface area contributed by atoms with Gasteiger partial charge in [-0.1, -0.05) is 17.3 Å². The molecule has 2 aromatic rings. The van der Waals surface area contributed by atoms with Gasteiger partial charge in [-0.25, -0.2) is 13.1 Å². The number of hydrogen-bond acceptors (Lipinski definition) is 7. The van der Waals surface area contributed by atoms with Gasteiger partial charge in [0.05, 0.1) is 11.3 Å². The van der Waals surface area contributed by atoms with E-state index in [0.29, 0.717) is 29.6 Å². The topological polar surface area (TPSA) is 134 Å². The molecular formula is C17H22N4O5S. The van der Waals surface area contributed by atoms with Crippen molar-refractivity contribution >= 4 is 16.0 Å². The number of carboxylic acid groups (broad SMARTS) is 1. The number of rotatable bonds is 8. The average Bonchev–Trinajstić information content (AvgIpc) is 3.11. The molecule has 0 spiro atoms. The number of sulfonamides is 1. The zero-order valence-corrected chi connectivity index (χ0v) is 15.5. The van der Waals surface area contributed by atoms with E-state index in [2.05, 4.69) is 20.2 Å². The van der Waals surface area contributed by atoms with Gasteiger partial charge in [0.1, 0.15) is 0 Å². The molecule has 0 aliphatic carbocycles. The number of aromatic nitrogens is 2. The van der Waals surface area contributed by atoms with Crippen LogP contribution in [0.3, 0.4) is 0 Å². The number of piperidine rings is 1. The van der Waals surface area contributed by atoms with Crippen molar-refractivity contribution in [2.75, 3.05) is 19.6 Å². The molecular weight excluding hydrogens is 372 g/mol. The second-order valence-corrected chi connectivity index (χ2v) is 8.25. The van der Waals surface area contributed by atoms with Crippen LogP contribution in [0.15, 0.2) is 33.7 Å². The van der Waals surface area contributed by atoms with Gasteiger partial charge in [0, 0.05) is 18.5 Å². The summed E-state index contributed by atoms with van der Waals surface area (Å²) in [5, 5.41) is 15.9. The summed E-state index contributed by atoms with van der Waals surface area (Å²) in [6.07, 6.45) is 2.55. The van der Waals surface area contributed by atoms with E-state index >= 15 is 0 Å². The van der Waals surface area contributed by atoms with Crippen LogP contribution in [0.25, 0.3) is 11.4 Å². The summed E-state index contributed by atoms with van der Waals surface area (Å²) in [6.45, 7) is 1.80. The normalized spacial score (nSPS) is 15.7. The van der Waals surface area contributed by atoms with Crippen molar-refractivity contribution in [3.63, 3.8) is 0 Å². The molecule has 0 amide bonds. The van der Waals surface area contributed by atoms with Gasteiger partial charge < -0.3 is 14.9 Å². The summed E-state index contributed by atoms with van der Waals surface area (Å²) < 4.78 is 32.2. The lowest BCUT2D eigenvalue weighted by Gasteiger charge is -2.20. The van der Waals surface area contributed by atoms with E-state index in [1.807, 2.05) is 0 Å². The van der Waals surface area contributed by atoms with Crippen molar-refractivity contribution in [2.45, 2.75) is 30.6 Å². The smallest absolute Gasteiger partial charge is 0.304 e. The van der Waals surface area contributed by atoms with E-state index < -0.39 is 16.0 Å². The number of carbonyl (C=O) groups is 1. The molecule has 0 bridgehead atoms. The Morgan fingerprint density at radius 1 is 1.33 bits per heavy atom. The average molecular weight is 394 g/mol. The van der Waals surface area contributed by atoms with E-state index in [1.165, 1.54) is 12.1 Å². The molecule has 0 radical (unpaired) electrons. The zero-order chi connectivity index (χ0) is 19.3. The van der Waals surface area contributed by atoms with Crippen molar-refractivity contribution < 1.29 is 22.8 Å². The van der Waals surface area contributed by atoms with Gasteiger partial charge in [0.2, 0.25) is 21.7 Å². The molecule has 0 unspecified atom stereocenters. The zero-order valence-electron chi connectivity index (χ0n) is 14.7. The van der Waals surface area contributed by atoms with E-state index in [-0.39, 0.29) is 17.9 Å². The Labute approximate surface area is 157 Å². The molecule has 27 heavy (non-hydrogen) atoms. The van der Waals surface area contributed by atoms with E-state index in [1.54, 1.807) is 12.1 Å². The van der Waals surface area contributed by atoms with Gasteiger partial charge >= 0.3 is 5.97 Å². The molecule has 0 atom stereocenters. The Bertz CT molecular complexity index is 890. The maximum absolute atomic E-state index is 12.3.